The molecule has 0 spiro atoms. The van der Waals surface area contributed by atoms with Crippen LogP contribution in [0.2, 0.25) is 0 Å². The van der Waals surface area contributed by atoms with Gasteiger partial charge in [0, 0.05) is 69.5 Å². The van der Waals surface area contributed by atoms with Crippen LogP contribution in [0.5, 0.6) is 0 Å². The lowest BCUT2D eigenvalue weighted by Gasteiger charge is -2.15. The molecule has 0 saturated heterocycles. The third-order valence-corrected chi connectivity index (χ3v) is 13.3. The molecule has 9 aromatic carbocycles. The quantitative estimate of drug-likeness (QED) is 0.174. The highest BCUT2D eigenvalue weighted by Gasteiger charge is 2.21. The van der Waals surface area contributed by atoms with Gasteiger partial charge in [-0.3, -0.25) is 0 Å². The van der Waals surface area contributed by atoms with Crippen LogP contribution in [0, 0.1) is 0 Å². The second-order valence-electron chi connectivity index (χ2n) is 15.6. The third-order valence-electron chi connectivity index (χ3n) is 12.2. The summed E-state index contributed by atoms with van der Waals surface area (Å²) in [6.45, 7) is 0. The number of hydrogen-bond donors (Lipinski definition) is 0. The number of rotatable bonds is 5. The minimum absolute atomic E-state index is 0.643. The van der Waals surface area contributed by atoms with E-state index in [0.29, 0.717) is 17.5 Å². The molecule has 0 aliphatic carbocycles. The predicted molar refractivity (Wildman–Crippen MR) is 255 cm³/mol. The molecule has 4 heterocycles. The van der Waals surface area contributed by atoms with Crippen LogP contribution in [0.25, 0.3) is 120 Å². The summed E-state index contributed by atoms with van der Waals surface area (Å²) in [7, 11) is 0. The summed E-state index contributed by atoms with van der Waals surface area (Å²) in [6, 6.07) is 71.4. The Balaban J connectivity index is 1.01. The molecule has 284 valence electrons. The molecule has 4 aromatic heterocycles. The Kier molecular flexibility index (Phi) is 7.41. The molecule has 0 aliphatic rings. The van der Waals surface area contributed by atoms with E-state index in [9.17, 15) is 0 Å². The van der Waals surface area contributed by atoms with Gasteiger partial charge in [0.05, 0.1) is 27.8 Å². The number of thiophene rings is 1. The van der Waals surface area contributed by atoms with Crippen LogP contribution < -0.4 is 0 Å². The van der Waals surface area contributed by atoms with E-state index in [1.54, 1.807) is 0 Å². The second-order valence-corrected chi connectivity index (χ2v) is 16.7. The minimum atomic E-state index is 0.643. The van der Waals surface area contributed by atoms with Gasteiger partial charge in [-0.1, -0.05) is 146 Å². The SMILES string of the molecule is c1ccc(-c2nc(-c3ccccc3)nc(-c3ccc(-n4c5ccccc5c5cc6sc7cc(-n8c9ccccc9c9ccccc98)ccc7c6cc54)c4ccccc34)n2)cc1. The Morgan fingerprint density at radius 1 is 0.311 bits per heavy atom. The molecule has 5 nitrogen and oxygen atoms in total. The van der Waals surface area contributed by atoms with E-state index in [0.717, 1.165) is 33.2 Å². The van der Waals surface area contributed by atoms with Crippen molar-refractivity contribution >= 4 is 85.9 Å². The Morgan fingerprint density at radius 3 is 1.46 bits per heavy atom. The molecule has 13 aromatic rings. The van der Waals surface area contributed by atoms with Crippen molar-refractivity contribution in [2.24, 2.45) is 0 Å². The summed E-state index contributed by atoms with van der Waals surface area (Å²) in [4.78, 5) is 15.2. The lowest BCUT2D eigenvalue weighted by molar-refractivity contribution is 1.08. The zero-order valence-electron chi connectivity index (χ0n) is 32.7. The molecule has 13 rings (SSSR count). The van der Waals surface area contributed by atoms with Crippen molar-refractivity contribution in [3.63, 3.8) is 0 Å². The molecule has 0 bridgehead atoms. The van der Waals surface area contributed by atoms with Crippen LogP contribution in [-0.4, -0.2) is 24.1 Å². The van der Waals surface area contributed by atoms with Crippen molar-refractivity contribution in [3.8, 4) is 45.5 Å². The maximum absolute atomic E-state index is 5.12. The average molecular weight is 796 g/mol. The largest absolute Gasteiger partial charge is 0.309 e. The summed E-state index contributed by atoms with van der Waals surface area (Å²) in [6.07, 6.45) is 0. The highest BCUT2D eigenvalue weighted by atomic mass is 32.1. The van der Waals surface area contributed by atoms with Gasteiger partial charge in [0.1, 0.15) is 0 Å². The molecule has 0 saturated carbocycles. The fourth-order valence-electron chi connectivity index (χ4n) is 9.43. The third kappa shape index (κ3) is 5.22. The minimum Gasteiger partial charge on any atom is -0.309 e. The van der Waals surface area contributed by atoms with E-state index >= 15 is 0 Å². The van der Waals surface area contributed by atoms with Gasteiger partial charge in [-0.25, -0.2) is 15.0 Å². The molecule has 6 heteroatoms. The monoisotopic (exact) mass is 795 g/mol. The van der Waals surface area contributed by atoms with Crippen molar-refractivity contribution in [1.82, 2.24) is 24.1 Å². The summed E-state index contributed by atoms with van der Waals surface area (Å²) in [5.74, 6) is 1.94. The van der Waals surface area contributed by atoms with Crippen LogP contribution in [0.3, 0.4) is 0 Å². The highest BCUT2D eigenvalue weighted by Crippen LogP contribution is 2.43. The first-order chi connectivity index (χ1) is 30.2. The van der Waals surface area contributed by atoms with Crippen LogP contribution in [0.15, 0.2) is 200 Å². The van der Waals surface area contributed by atoms with Gasteiger partial charge in [-0.2, -0.15) is 0 Å². The molecular formula is C55H33N5S. The zero-order chi connectivity index (χ0) is 40.0. The zero-order valence-corrected chi connectivity index (χ0v) is 33.5. The van der Waals surface area contributed by atoms with E-state index in [4.69, 9.17) is 15.0 Å². The second kappa shape index (κ2) is 13.3. The van der Waals surface area contributed by atoms with E-state index in [2.05, 4.69) is 173 Å². The topological polar surface area (TPSA) is 48.5 Å². The number of fused-ring (bicyclic) bond motifs is 10. The van der Waals surface area contributed by atoms with Gasteiger partial charge in [0.15, 0.2) is 17.5 Å². The Bertz CT molecular complexity index is 3770. The Labute approximate surface area is 354 Å². The molecule has 61 heavy (non-hydrogen) atoms. The summed E-state index contributed by atoms with van der Waals surface area (Å²) in [5.41, 5.74) is 9.93. The first-order valence-electron chi connectivity index (χ1n) is 20.5. The molecule has 0 N–H and O–H groups in total. The van der Waals surface area contributed by atoms with Crippen LogP contribution >= 0.6 is 11.3 Å². The number of aromatic nitrogens is 5. The van der Waals surface area contributed by atoms with Crippen molar-refractivity contribution in [2.45, 2.75) is 0 Å². The molecular weight excluding hydrogens is 763 g/mol. The average Bonchev–Trinajstić information content (AvgIpc) is 3.97. The lowest BCUT2D eigenvalue weighted by atomic mass is 10.0. The summed E-state index contributed by atoms with van der Waals surface area (Å²) < 4.78 is 7.41. The number of hydrogen-bond acceptors (Lipinski definition) is 4. The molecule has 0 amide bonds. The number of nitrogens with zero attached hydrogens (tertiary/aromatic N) is 5. The fourth-order valence-corrected chi connectivity index (χ4v) is 10.6. The molecule has 0 radical (unpaired) electrons. The van der Waals surface area contributed by atoms with E-state index in [-0.39, 0.29) is 0 Å². The maximum Gasteiger partial charge on any atom is 0.164 e. The first kappa shape index (κ1) is 34.0. The van der Waals surface area contributed by atoms with E-state index < -0.39 is 0 Å². The molecule has 0 atom stereocenters. The van der Waals surface area contributed by atoms with Crippen molar-refractivity contribution in [1.29, 1.82) is 0 Å². The maximum atomic E-state index is 5.12. The molecule has 0 fully saturated rings. The van der Waals surface area contributed by atoms with E-state index in [1.807, 2.05) is 47.7 Å². The van der Waals surface area contributed by atoms with Gasteiger partial charge in [-0.15, -0.1) is 11.3 Å². The Morgan fingerprint density at radius 2 is 0.820 bits per heavy atom. The van der Waals surface area contributed by atoms with E-state index in [1.165, 1.54) is 69.5 Å². The standard InChI is InChI=1S/C55H33N5S/c1-3-15-34(16-4-1)53-56-54(35-17-5-2-6-18-35)58-55(57-53)43-29-30-49(38-20-8-7-19-37(38)43)60-48-26-14-11-23-41(48)44-33-52-45(32-50(44)60)42-28-27-36(31-51(42)61-52)59-46-24-12-9-21-39(46)40-22-10-13-25-47(40)59/h1-33H. The predicted octanol–water partition coefficient (Wildman–Crippen LogP) is 14.6. The summed E-state index contributed by atoms with van der Waals surface area (Å²) >= 11 is 1.87. The smallest absolute Gasteiger partial charge is 0.164 e. The number of para-hydroxylation sites is 3. The van der Waals surface area contributed by atoms with Crippen molar-refractivity contribution in [3.05, 3.63) is 200 Å². The van der Waals surface area contributed by atoms with Gasteiger partial charge < -0.3 is 9.13 Å². The first-order valence-corrected chi connectivity index (χ1v) is 21.3. The van der Waals surface area contributed by atoms with Gasteiger partial charge >= 0.3 is 0 Å². The number of benzene rings is 9. The van der Waals surface area contributed by atoms with Crippen molar-refractivity contribution in [2.75, 3.05) is 0 Å². The molecule has 0 unspecified atom stereocenters. The van der Waals surface area contributed by atoms with Gasteiger partial charge in [0.2, 0.25) is 0 Å². The van der Waals surface area contributed by atoms with Crippen molar-refractivity contribution < 1.29 is 0 Å². The van der Waals surface area contributed by atoms with Crippen LogP contribution in [0.1, 0.15) is 0 Å². The lowest BCUT2D eigenvalue weighted by Crippen LogP contribution is -2.01. The van der Waals surface area contributed by atoms with Gasteiger partial charge in [-0.05, 0) is 60.0 Å². The molecule has 0 aliphatic heterocycles. The highest BCUT2D eigenvalue weighted by molar-refractivity contribution is 7.26. The van der Waals surface area contributed by atoms with Crippen LogP contribution in [0.4, 0.5) is 0 Å². The fraction of sp³-hybridized carbons (Fsp3) is 0. The normalized spacial score (nSPS) is 11.9. The van der Waals surface area contributed by atoms with Gasteiger partial charge in [0.25, 0.3) is 0 Å². The summed E-state index contributed by atoms with van der Waals surface area (Å²) in [5, 5.41) is 9.74. The van der Waals surface area contributed by atoms with Crippen LogP contribution in [-0.2, 0) is 0 Å². The Hall–Kier alpha value is -7.93.